The predicted molar refractivity (Wildman–Crippen MR) is 124 cm³/mol. The Morgan fingerprint density at radius 1 is 1.27 bits per heavy atom. The van der Waals surface area contributed by atoms with Gasteiger partial charge in [0.05, 0.1) is 24.8 Å². The average Bonchev–Trinajstić information content (AvgIpc) is 3.49. The summed E-state index contributed by atoms with van der Waals surface area (Å²) in [5.74, 6) is -0.378. The van der Waals surface area contributed by atoms with E-state index in [1.807, 2.05) is 39.9 Å². The Labute approximate surface area is 193 Å². The van der Waals surface area contributed by atoms with Gasteiger partial charge in [-0.2, -0.15) is 5.26 Å². The maximum Gasteiger partial charge on any atom is 0.262 e. The van der Waals surface area contributed by atoms with Crippen LogP contribution < -0.4 is 5.32 Å². The number of amides is 2. The van der Waals surface area contributed by atoms with Crippen molar-refractivity contribution in [2.24, 2.45) is 0 Å². The topological polar surface area (TPSA) is 96.6 Å². The Morgan fingerprint density at radius 3 is 2.79 bits per heavy atom. The highest BCUT2D eigenvalue weighted by molar-refractivity contribution is 6.04. The molecule has 2 aromatic rings. The number of carbonyl (C=O) groups excluding carboxylic acids is 2. The van der Waals surface area contributed by atoms with Crippen molar-refractivity contribution < 1.29 is 19.1 Å². The summed E-state index contributed by atoms with van der Waals surface area (Å²) in [6, 6.07) is 8.01. The summed E-state index contributed by atoms with van der Waals surface area (Å²) in [5.41, 5.74) is 2.86. The van der Waals surface area contributed by atoms with Gasteiger partial charge in [0.1, 0.15) is 18.2 Å². The molecule has 0 saturated carbocycles. The molecule has 0 unspecified atom stereocenters. The van der Waals surface area contributed by atoms with Crippen LogP contribution in [0.5, 0.6) is 0 Å². The molecule has 1 aromatic heterocycles. The van der Waals surface area contributed by atoms with Crippen LogP contribution in [-0.4, -0.2) is 66.8 Å². The monoisotopic (exact) mass is 450 g/mol. The van der Waals surface area contributed by atoms with Crippen molar-refractivity contribution in [3.63, 3.8) is 0 Å². The van der Waals surface area contributed by atoms with E-state index in [9.17, 15) is 14.9 Å². The lowest BCUT2D eigenvalue weighted by atomic mass is 10.1. The summed E-state index contributed by atoms with van der Waals surface area (Å²) >= 11 is 0. The molecule has 1 N–H and O–H groups in total. The van der Waals surface area contributed by atoms with Crippen molar-refractivity contribution in [3.8, 4) is 6.07 Å². The van der Waals surface area contributed by atoms with Crippen molar-refractivity contribution >= 4 is 28.8 Å². The lowest BCUT2D eigenvalue weighted by molar-refractivity contribution is -0.135. The molecule has 0 spiro atoms. The molecule has 1 aromatic carbocycles. The van der Waals surface area contributed by atoms with E-state index in [1.165, 1.54) is 0 Å². The number of benzene rings is 1. The number of morpholine rings is 1. The van der Waals surface area contributed by atoms with E-state index < -0.39 is 5.91 Å². The van der Waals surface area contributed by atoms with Crippen LogP contribution in [0, 0.1) is 11.3 Å². The first kappa shape index (κ1) is 23.0. The van der Waals surface area contributed by atoms with Crippen molar-refractivity contribution in [3.05, 3.63) is 41.1 Å². The minimum absolute atomic E-state index is 0.00844. The number of hydrogen-bond acceptors (Lipinski definition) is 5. The van der Waals surface area contributed by atoms with E-state index in [2.05, 4.69) is 12.2 Å². The first-order chi connectivity index (χ1) is 16.1. The number of nitrogens with one attached hydrogen (secondary N) is 1. The van der Waals surface area contributed by atoms with E-state index in [0.29, 0.717) is 39.5 Å². The maximum atomic E-state index is 12.9. The van der Waals surface area contributed by atoms with Crippen molar-refractivity contribution in [2.45, 2.75) is 38.8 Å². The molecule has 33 heavy (non-hydrogen) atoms. The molecule has 2 aliphatic heterocycles. The first-order valence-electron chi connectivity index (χ1n) is 11.6. The van der Waals surface area contributed by atoms with Crippen LogP contribution in [0.1, 0.15) is 30.9 Å². The summed E-state index contributed by atoms with van der Waals surface area (Å²) in [5, 5.41) is 13.4. The minimum Gasteiger partial charge on any atom is -0.378 e. The highest BCUT2D eigenvalue weighted by Crippen LogP contribution is 2.27. The summed E-state index contributed by atoms with van der Waals surface area (Å²) in [6.07, 6.45) is 6.20. The molecule has 174 valence electrons. The molecule has 8 nitrogen and oxygen atoms in total. The fourth-order valence-corrected chi connectivity index (χ4v) is 4.46. The third-order valence-corrected chi connectivity index (χ3v) is 6.24. The number of para-hydroxylation sites is 1. The largest absolute Gasteiger partial charge is 0.378 e. The molecule has 1 atom stereocenters. The smallest absolute Gasteiger partial charge is 0.262 e. The van der Waals surface area contributed by atoms with Crippen molar-refractivity contribution in [2.75, 3.05) is 39.5 Å². The quantitative estimate of drug-likeness (QED) is 0.516. The number of carbonyl (C=O) groups is 2. The SMILES string of the molecule is CCc1cccc2c(/C=C(\C#N)C(=O)NC[C@H]3CCCO3)cn(CC(=O)N3CCOCC3)c12. The molecular weight excluding hydrogens is 420 g/mol. The van der Waals surface area contributed by atoms with Crippen LogP contribution in [0.15, 0.2) is 30.0 Å². The zero-order chi connectivity index (χ0) is 23.2. The van der Waals surface area contributed by atoms with Crippen LogP contribution in [0.3, 0.4) is 0 Å². The number of hydrogen-bond donors (Lipinski definition) is 1. The van der Waals surface area contributed by atoms with E-state index in [0.717, 1.165) is 41.3 Å². The van der Waals surface area contributed by atoms with Crippen LogP contribution in [0.4, 0.5) is 0 Å². The summed E-state index contributed by atoms with van der Waals surface area (Å²) < 4.78 is 12.8. The highest BCUT2D eigenvalue weighted by Gasteiger charge is 2.21. The number of nitrogens with zero attached hydrogens (tertiary/aromatic N) is 3. The van der Waals surface area contributed by atoms with Gasteiger partial charge >= 0.3 is 0 Å². The Kier molecular flexibility index (Phi) is 7.43. The number of aryl methyl sites for hydroxylation is 1. The van der Waals surface area contributed by atoms with Gasteiger partial charge in [0.15, 0.2) is 0 Å². The van der Waals surface area contributed by atoms with E-state index in [1.54, 1.807) is 6.08 Å². The van der Waals surface area contributed by atoms with Crippen molar-refractivity contribution in [1.29, 1.82) is 5.26 Å². The molecule has 2 aliphatic rings. The fourth-order valence-electron chi connectivity index (χ4n) is 4.46. The fraction of sp³-hybridized carbons (Fsp3) is 0.480. The number of aromatic nitrogens is 1. The molecule has 2 saturated heterocycles. The molecule has 8 heteroatoms. The number of ether oxygens (including phenoxy) is 2. The van der Waals surface area contributed by atoms with Crippen LogP contribution in [0.25, 0.3) is 17.0 Å². The van der Waals surface area contributed by atoms with Gasteiger partial charge < -0.3 is 24.3 Å². The third-order valence-electron chi connectivity index (χ3n) is 6.24. The first-order valence-corrected chi connectivity index (χ1v) is 11.6. The van der Waals surface area contributed by atoms with E-state index >= 15 is 0 Å². The Hall–Kier alpha value is -3.15. The number of fused-ring (bicyclic) bond motifs is 1. The van der Waals surface area contributed by atoms with Gasteiger partial charge in [-0.05, 0) is 30.9 Å². The number of rotatable bonds is 7. The molecule has 4 rings (SSSR count). The van der Waals surface area contributed by atoms with Crippen LogP contribution in [-0.2, 0) is 32.0 Å². The normalized spacial score (nSPS) is 19.0. The van der Waals surface area contributed by atoms with Gasteiger partial charge in [0.2, 0.25) is 5.91 Å². The number of nitriles is 1. The van der Waals surface area contributed by atoms with Crippen molar-refractivity contribution in [1.82, 2.24) is 14.8 Å². The lowest BCUT2D eigenvalue weighted by Crippen LogP contribution is -2.42. The van der Waals surface area contributed by atoms with Gasteiger partial charge in [-0.25, -0.2) is 0 Å². The summed E-state index contributed by atoms with van der Waals surface area (Å²) in [6.45, 7) is 5.68. The average molecular weight is 451 g/mol. The second-order valence-electron chi connectivity index (χ2n) is 8.39. The van der Waals surface area contributed by atoms with Gasteiger partial charge in [-0.3, -0.25) is 9.59 Å². The van der Waals surface area contributed by atoms with Crippen LogP contribution >= 0.6 is 0 Å². The third kappa shape index (κ3) is 5.27. The molecular formula is C25H30N4O4. The van der Waals surface area contributed by atoms with E-state index in [-0.39, 0.29) is 24.1 Å². The molecule has 0 bridgehead atoms. The highest BCUT2D eigenvalue weighted by atomic mass is 16.5. The standard InChI is InChI=1S/C25H30N4O4/c1-2-18-5-3-7-22-20(13-19(14-26)25(31)27-15-21-6-4-10-33-21)16-29(24(18)22)17-23(30)28-8-11-32-12-9-28/h3,5,7,13,16,21H,2,4,6,8-12,15,17H2,1H3,(H,27,31)/b19-13+/t21-/m1/s1. The molecule has 2 amide bonds. The molecule has 0 radical (unpaired) electrons. The Bertz CT molecular complexity index is 1090. The molecule has 3 heterocycles. The Balaban J connectivity index is 1.61. The maximum absolute atomic E-state index is 12.9. The second kappa shape index (κ2) is 10.6. The Morgan fingerprint density at radius 2 is 2.09 bits per heavy atom. The van der Waals surface area contributed by atoms with Gasteiger partial charge in [0.25, 0.3) is 5.91 Å². The lowest BCUT2D eigenvalue weighted by Gasteiger charge is -2.27. The zero-order valence-corrected chi connectivity index (χ0v) is 19.0. The van der Waals surface area contributed by atoms with E-state index in [4.69, 9.17) is 9.47 Å². The van der Waals surface area contributed by atoms with Crippen LogP contribution in [0.2, 0.25) is 0 Å². The summed E-state index contributed by atoms with van der Waals surface area (Å²) in [4.78, 5) is 27.4. The van der Waals surface area contributed by atoms with Gasteiger partial charge in [0, 0.05) is 43.4 Å². The zero-order valence-electron chi connectivity index (χ0n) is 19.0. The summed E-state index contributed by atoms with van der Waals surface area (Å²) in [7, 11) is 0. The molecule has 2 fully saturated rings. The predicted octanol–water partition coefficient (Wildman–Crippen LogP) is 2.26. The second-order valence-corrected chi connectivity index (χ2v) is 8.39. The minimum atomic E-state index is -0.412. The molecule has 0 aliphatic carbocycles. The van der Waals surface area contributed by atoms with Gasteiger partial charge in [-0.15, -0.1) is 0 Å². The van der Waals surface area contributed by atoms with Gasteiger partial charge in [-0.1, -0.05) is 25.1 Å².